The van der Waals surface area contributed by atoms with E-state index in [1.165, 1.54) is 0 Å². The van der Waals surface area contributed by atoms with Gasteiger partial charge in [0.15, 0.2) is 0 Å². The highest BCUT2D eigenvalue weighted by molar-refractivity contribution is 7.80. The summed E-state index contributed by atoms with van der Waals surface area (Å²) in [5.74, 6) is -0.264. The lowest BCUT2D eigenvalue weighted by Crippen LogP contribution is -2.49. The van der Waals surface area contributed by atoms with Gasteiger partial charge in [-0.3, -0.25) is 4.21 Å². The number of hydrogen-bond acceptors (Lipinski definition) is 4. The van der Waals surface area contributed by atoms with Gasteiger partial charge in [0, 0.05) is 36.6 Å². The van der Waals surface area contributed by atoms with E-state index in [1.807, 2.05) is 24.3 Å². The van der Waals surface area contributed by atoms with Gasteiger partial charge in [0.05, 0.1) is 0 Å². The Balaban J connectivity index is 1.62. The number of carbonyl (C=O) groups excluding carboxylic acids is 1. The lowest BCUT2D eigenvalue weighted by Gasteiger charge is -2.36. The fourth-order valence-corrected chi connectivity index (χ4v) is 4.23. The standard InChI is InChI=1S/C20H20F6N2O4S/c21-19(22,23)17(20(24,25)26)32-18(29)27-9-7-13(8-10-27)12-28(33(30)31)16-6-5-14-3-1-2-4-15(14)11-16/h1-6,11,13,17H,7-10,12H2,(H,30,31)/p-1. The second-order valence-corrected chi connectivity index (χ2v) is 8.46. The van der Waals surface area contributed by atoms with Crippen molar-refractivity contribution in [1.29, 1.82) is 0 Å². The average Bonchev–Trinajstić information content (AvgIpc) is 2.74. The number of likely N-dealkylation sites (tertiary alicyclic amines) is 1. The van der Waals surface area contributed by atoms with E-state index in [0.29, 0.717) is 5.69 Å². The molecule has 1 amide bonds. The molecule has 13 heteroatoms. The van der Waals surface area contributed by atoms with Crippen LogP contribution in [0.1, 0.15) is 12.8 Å². The van der Waals surface area contributed by atoms with Crippen molar-refractivity contribution in [3.05, 3.63) is 42.5 Å². The highest BCUT2D eigenvalue weighted by Gasteiger charge is 2.60. The average molecular weight is 497 g/mol. The molecular formula is C20H19F6N2O4S-. The monoisotopic (exact) mass is 497 g/mol. The molecule has 1 unspecified atom stereocenters. The minimum absolute atomic E-state index is 0.0467. The SMILES string of the molecule is O=C(OC(C(F)(F)F)C(F)(F)F)N1CCC(CN(c2ccc3ccccc3c2)S(=O)[O-])CC1. The highest BCUT2D eigenvalue weighted by Crippen LogP contribution is 2.36. The summed E-state index contributed by atoms with van der Waals surface area (Å²) in [4.78, 5) is 12.6. The van der Waals surface area contributed by atoms with Crippen LogP contribution in [0.25, 0.3) is 10.8 Å². The molecule has 1 aliphatic heterocycles. The molecule has 1 heterocycles. The largest absolute Gasteiger partial charge is 0.755 e. The second-order valence-electron chi connectivity index (χ2n) is 7.59. The van der Waals surface area contributed by atoms with E-state index in [9.17, 15) is 39.9 Å². The Hall–Kier alpha value is -2.54. The summed E-state index contributed by atoms with van der Waals surface area (Å²) in [5.41, 5.74) is 0.419. The zero-order valence-corrected chi connectivity index (χ0v) is 17.8. The van der Waals surface area contributed by atoms with Crippen LogP contribution in [0.2, 0.25) is 0 Å². The molecule has 1 atom stereocenters. The zero-order valence-electron chi connectivity index (χ0n) is 16.9. The number of rotatable bonds is 5. The third-order valence-corrected chi connectivity index (χ3v) is 6.03. The maximum absolute atomic E-state index is 12.6. The van der Waals surface area contributed by atoms with Gasteiger partial charge in [0.2, 0.25) is 0 Å². The van der Waals surface area contributed by atoms with E-state index >= 15 is 0 Å². The lowest BCUT2D eigenvalue weighted by molar-refractivity contribution is -0.308. The molecule has 0 saturated carbocycles. The minimum Gasteiger partial charge on any atom is -0.755 e. The van der Waals surface area contributed by atoms with Gasteiger partial charge in [-0.1, -0.05) is 30.3 Å². The van der Waals surface area contributed by atoms with E-state index < -0.39 is 35.8 Å². The topological polar surface area (TPSA) is 72.9 Å². The van der Waals surface area contributed by atoms with E-state index in [-0.39, 0.29) is 38.4 Å². The quantitative estimate of drug-likeness (QED) is 0.440. The number of amides is 1. The number of benzene rings is 2. The molecule has 0 radical (unpaired) electrons. The first-order valence-corrected chi connectivity index (χ1v) is 10.8. The van der Waals surface area contributed by atoms with Crippen molar-refractivity contribution in [1.82, 2.24) is 4.90 Å². The van der Waals surface area contributed by atoms with Crippen LogP contribution < -0.4 is 4.31 Å². The van der Waals surface area contributed by atoms with Gasteiger partial charge in [-0.2, -0.15) is 26.3 Å². The maximum atomic E-state index is 12.6. The Kier molecular flexibility index (Phi) is 7.42. The third-order valence-electron chi connectivity index (χ3n) is 5.31. The Morgan fingerprint density at radius 3 is 2.18 bits per heavy atom. The van der Waals surface area contributed by atoms with Gasteiger partial charge in [-0.05, 0) is 41.7 Å². The van der Waals surface area contributed by atoms with Crippen molar-refractivity contribution in [3.8, 4) is 0 Å². The van der Waals surface area contributed by atoms with Gasteiger partial charge in [-0.25, -0.2) is 4.79 Å². The summed E-state index contributed by atoms with van der Waals surface area (Å²) < 4.78 is 104. The van der Waals surface area contributed by atoms with Crippen LogP contribution in [0.4, 0.5) is 36.8 Å². The molecule has 0 spiro atoms. The summed E-state index contributed by atoms with van der Waals surface area (Å²) in [6, 6.07) is 12.4. The van der Waals surface area contributed by atoms with Gasteiger partial charge < -0.3 is 18.5 Å². The molecule has 3 rings (SSSR count). The number of fused-ring (bicyclic) bond motifs is 1. The molecule has 0 bridgehead atoms. The molecule has 0 aliphatic carbocycles. The maximum Gasteiger partial charge on any atom is 0.434 e. The van der Waals surface area contributed by atoms with Crippen LogP contribution in [-0.2, 0) is 16.0 Å². The number of carbonyl (C=O) groups is 1. The summed E-state index contributed by atoms with van der Waals surface area (Å²) in [6.45, 7) is -0.281. The Morgan fingerprint density at radius 1 is 1.06 bits per heavy atom. The number of piperidine rings is 1. The van der Waals surface area contributed by atoms with Crippen LogP contribution in [-0.4, -0.2) is 57.8 Å². The molecule has 1 fully saturated rings. The molecule has 2 aromatic carbocycles. The minimum atomic E-state index is -5.79. The van der Waals surface area contributed by atoms with E-state index in [4.69, 9.17) is 0 Å². The van der Waals surface area contributed by atoms with E-state index in [1.54, 1.807) is 18.2 Å². The Labute approximate surface area is 187 Å². The lowest BCUT2D eigenvalue weighted by atomic mass is 9.97. The fraction of sp³-hybridized carbons (Fsp3) is 0.450. The second kappa shape index (κ2) is 9.75. The summed E-state index contributed by atoms with van der Waals surface area (Å²) in [7, 11) is 0. The van der Waals surface area contributed by atoms with E-state index in [2.05, 4.69) is 4.74 Å². The smallest absolute Gasteiger partial charge is 0.434 e. The van der Waals surface area contributed by atoms with Gasteiger partial charge in [-0.15, -0.1) is 0 Å². The van der Waals surface area contributed by atoms with Crippen LogP contribution in [0.5, 0.6) is 0 Å². The number of halogens is 6. The Morgan fingerprint density at radius 2 is 1.64 bits per heavy atom. The van der Waals surface area contributed by atoms with Crippen LogP contribution >= 0.6 is 0 Å². The van der Waals surface area contributed by atoms with Gasteiger partial charge in [0.25, 0.3) is 6.10 Å². The number of alkyl halides is 6. The molecule has 0 N–H and O–H groups in total. The molecule has 1 saturated heterocycles. The van der Waals surface area contributed by atoms with Crippen molar-refractivity contribution >= 4 is 33.8 Å². The first kappa shape index (κ1) is 25.1. The van der Waals surface area contributed by atoms with E-state index in [0.717, 1.165) is 20.0 Å². The first-order valence-electron chi connectivity index (χ1n) is 9.81. The number of hydrogen-bond donors (Lipinski definition) is 0. The molecule has 1 aliphatic rings. The molecule has 6 nitrogen and oxygen atoms in total. The fourth-order valence-electron chi connectivity index (χ4n) is 3.61. The molecule has 2 aromatic rings. The predicted octanol–water partition coefficient (Wildman–Crippen LogP) is 4.78. The molecule has 182 valence electrons. The van der Waals surface area contributed by atoms with Crippen molar-refractivity contribution in [2.24, 2.45) is 5.92 Å². The molecule has 0 aromatic heterocycles. The van der Waals surface area contributed by atoms with Gasteiger partial charge >= 0.3 is 18.4 Å². The molecular weight excluding hydrogens is 478 g/mol. The predicted molar refractivity (Wildman–Crippen MR) is 107 cm³/mol. The normalized spacial score (nSPS) is 16.8. The van der Waals surface area contributed by atoms with Crippen molar-refractivity contribution < 1.29 is 44.6 Å². The summed E-state index contributed by atoms with van der Waals surface area (Å²) >= 11 is -2.62. The van der Waals surface area contributed by atoms with Gasteiger partial charge in [0.1, 0.15) is 0 Å². The number of ether oxygens (including phenoxy) is 1. The van der Waals surface area contributed by atoms with Crippen LogP contribution in [0.3, 0.4) is 0 Å². The molecule has 33 heavy (non-hydrogen) atoms. The van der Waals surface area contributed by atoms with Crippen molar-refractivity contribution in [2.75, 3.05) is 23.9 Å². The van der Waals surface area contributed by atoms with Crippen molar-refractivity contribution in [2.45, 2.75) is 31.3 Å². The summed E-state index contributed by atoms with van der Waals surface area (Å²) in [6.07, 6.45) is -17.1. The zero-order chi connectivity index (χ0) is 24.4. The first-order chi connectivity index (χ1) is 15.4. The third kappa shape index (κ3) is 6.28. The van der Waals surface area contributed by atoms with Crippen LogP contribution in [0.15, 0.2) is 42.5 Å². The highest BCUT2D eigenvalue weighted by atomic mass is 32.2. The Bertz CT molecular complexity index is 994. The van der Waals surface area contributed by atoms with Crippen molar-refractivity contribution in [3.63, 3.8) is 0 Å². The van der Waals surface area contributed by atoms with Crippen LogP contribution in [0, 0.1) is 5.92 Å². The summed E-state index contributed by atoms with van der Waals surface area (Å²) in [5, 5.41) is 1.74. The number of anilines is 1. The number of nitrogens with zero attached hydrogens (tertiary/aromatic N) is 2.